The van der Waals surface area contributed by atoms with Crippen LogP contribution in [0.1, 0.15) is 87.9 Å². The van der Waals surface area contributed by atoms with Crippen molar-refractivity contribution in [1.29, 1.82) is 0 Å². The number of nitrogens with zero attached hydrogens (tertiary/aromatic N) is 2. The molecule has 0 radical (unpaired) electrons. The number of hydrogen-bond acceptors (Lipinski definition) is 11. The second kappa shape index (κ2) is 18.6. The molecule has 2 aliphatic rings. The Balaban J connectivity index is 1.41. The van der Waals surface area contributed by atoms with Gasteiger partial charge in [0.1, 0.15) is 34.0 Å². The topological polar surface area (TPSA) is 174 Å². The molecule has 2 unspecified atom stereocenters. The molecule has 1 aromatic heterocycles. The maximum absolute atomic E-state index is 13.9. The molecule has 1 N–H and O–H groups in total. The maximum Gasteiger partial charge on any atom is 0.387 e. The number of benzene rings is 2. The summed E-state index contributed by atoms with van der Waals surface area (Å²) in [6.45, 7) is 4.23. The van der Waals surface area contributed by atoms with E-state index in [2.05, 4.69) is 4.74 Å². The molecule has 2 fully saturated rings. The number of halogens is 4. The Morgan fingerprint density at radius 2 is 1.52 bits per heavy atom. The molecule has 0 saturated heterocycles. The van der Waals surface area contributed by atoms with E-state index in [0.29, 0.717) is 4.73 Å². The van der Waals surface area contributed by atoms with Crippen molar-refractivity contribution in [3.8, 4) is 17.2 Å². The summed E-state index contributed by atoms with van der Waals surface area (Å²) in [6.07, 6.45) is 4.30. The first kappa shape index (κ1) is 44.6. The highest BCUT2D eigenvalue weighted by molar-refractivity contribution is 7.80. The summed E-state index contributed by atoms with van der Waals surface area (Å²) >= 11 is 10.1. The summed E-state index contributed by atoms with van der Waals surface area (Å²) in [5, 5.41) is 11.9. The number of ether oxygens (including phenoxy) is 6. The van der Waals surface area contributed by atoms with Crippen LogP contribution in [0.4, 0.5) is 14.5 Å². The van der Waals surface area contributed by atoms with E-state index < -0.39 is 59.6 Å². The van der Waals surface area contributed by atoms with Crippen molar-refractivity contribution < 1.29 is 65.1 Å². The highest BCUT2D eigenvalue weighted by atomic mass is 35.5. The number of hydrogen-bond donors (Lipinski definition) is 1. The van der Waals surface area contributed by atoms with E-state index in [4.69, 9.17) is 46.9 Å². The second-order valence-electron chi connectivity index (χ2n) is 15.4. The van der Waals surface area contributed by atoms with Gasteiger partial charge in [-0.1, -0.05) is 29.3 Å². The van der Waals surface area contributed by atoms with Crippen LogP contribution in [0.25, 0.3) is 0 Å². The third-order valence-electron chi connectivity index (χ3n) is 8.78. The molecule has 19 heteroatoms. The molecular formula is C39H44Cl2F2N2O12S. The van der Waals surface area contributed by atoms with Gasteiger partial charge in [0.25, 0.3) is 11.3 Å². The molecule has 58 heavy (non-hydrogen) atoms. The van der Waals surface area contributed by atoms with Gasteiger partial charge in [0, 0.05) is 12.0 Å². The predicted molar refractivity (Wildman–Crippen MR) is 207 cm³/mol. The van der Waals surface area contributed by atoms with Gasteiger partial charge < -0.3 is 33.6 Å². The molecule has 0 amide bonds. The van der Waals surface area contributed by atoms with E-state index >= 15 is 0 Å². The van der Waals surface area contributed by atoms with E-state index in [1.54, 1.807) is 20.8 Å². The van der Waals surface area contributed by atoms with Crippen molar-refractivity contribution >= 4 is 58.1 Å². The third-order valence-corrected chi connectivity index (χ3v) is 10.1. The zero-order valence-electron chi connectivity index (χ0n) is 32.3. The molecule has 2 atom stereocenters. The van der Waals surface area contributed by atoms with Crippen LogP contribution in [0.2, 0.25) is 10.0 Å². The fraction of sp³-hybridized carbons (Fsp3) is 0.487. The Morgan fingerprint density at radius 1 is 0.914 bits per heavy atom. The van der Waals surface area contributed by atoms with E-state index in [1.165, 1.54) is 50.2 Å². The van der Waals surface area contributed by atoms with E-state index in [-0.39, 0.29) is 81.1 Å². The highest BCUT2D eigenvalue weighted by Gasteiger charge is 2.38. The van der Waals surface area contributed by atoms with Crippen LogP contribution in [0.15, 0.2) is 48.8 Å². The number of carbonyl (C=O) groups excluding carboxylic acids is 3. The summed E-state index contributed by atoms with van der Waals surface area (Å²) in [5.74, 6) is -2.60. The fourth-order valence-electron chi connectivity index (χ4n) is 5.44. The van der Waals surface area contributed by atoms with Gasteiger partial charge >= 0.3 is 24.5 Å². The maximum atomic E-state index is 13.9. The standard InChI is InChI=1S/C39H44Cl2F2N2O12S/c1-38(2,3)56-34(46)19-45(58(50)51)29-12-10-25(15-32(29)52-20-22-6-7-22)35(47)57-39(4,5)36(48)54-31(16-26-27(40)17-44(49)18-28(26)41)24-11-13-30(55-37(42)43)33(14-24)53-21-23-8-9-23/h10-15,17-18,22-23,31,37H,6-9,16,19-21H2,1-5H3,(H,50,51). The molecule has 2 aromatic carbocycles. The Hall–Kier alpha value is -4.45. The minimum atomic E-state index is -3.15. The number of esters is 3. The normalized spacial score (nSPS) is 15.3. The average molecular weight is 874 g/mol. The van der Waals surface area contributed by atoms with Gasteiger partial charge in [-0.05, 0) is 108 Å². The average Bonchev–Trinajstić information content (AvgIpc) is 4.05. The Morgan fingerprint density at radius 3 is 2.07 bits per heavy atom. The molecular weight excluding hydrogens is 829 g/mol. The Labute approximate surface area is 346 Å². The number of anilines is 1. The molecule has 1 heterocycles. The SMILES string of the molecule is CC(C)(C)OC(=O)CN(c1ccc(C(=O)OC(C)(C)C(=O)OC(Cc2c(Cl)c[n+]([O-])cc2Cl)c2ccc(OC(F)F)c(OCC3CC3)c2)cc1OCC1CC1)S(=O)O. The molecule has 0 aliphatic heterocycles. The summed E-state index contributed by atoms with van der Waals surface area (Å²) < 4.78 is 83.8. The first-order chi connectivity index (χ1) is 27.2. The summed E-state index contributed by atoms with van der Waals surface area (Å²) in [7, 11) is 0. The van der Waals surface area contributed by atoms with Crippen LogP contribution in [-0.2, 0) is 41.5 Å². The number of alkyl halides is 2. The summed E-state index contributed by atoms with van der Waals surface area (Å²) in [4.78, 5) is 40.2. The monoisotopic (exact) mass is 872 g/mol. The Kier molecular flexibility index (Phi) is 14.4. The first-order valence-corrected chi connectivity index (χ1v) is 20.1. The zero-order chi connectivity index (χ0) is 42.5. The third kappa shape index (κ3) is 12.8. The van der Waals surface area contributed by atoms with Crippen molar-refractivity contribution in [2.45, 2.75) is 90.6 Å². The van der Waals surface area contributed by atoms with Gasteiger partial charge in [-0.2, -0.15) is 13.5 Å². The molecule has 316 valence electrons. The van der Waals surface area contributed by atoms with Crippen molar-refractivity contribution in [3.05, 3.63) is 80.7 Å². The van der Waals surface area contributed by atoms with Crippen LogP contribution in [0, 0.1) is 17.0 Å². The van der Waals surface area contributed by atoms with Gasteiger partial charge in [-0.15, -0.1) is 0 Å². The van der Waals surface area contributed by atoms with E-state index in [1.807, 2.05) is 0 Å². The van der Waals surface area contributed by atoms with E-state index in [0.717, 1.165) is 42.4 Å². The number of rotatable bonds is 19. The molecule has 0 bridgehead atoms. The molecule has 3 aromatic rings. The first-order valence-electron chi connectivity index (χ1n) is 18.3. The van der Waals surface area contributed by atoms with Crippen LogP contribution in [0.3, 0.4) is 0 Å². The predicted octanol–water partition coefficient (Wildman–Crippen LogP) is 7.55. The smallest absolute Gasteiger partial charge is 0.387 e. The molecule has 0 spiro atoms. The molecule has 2 saturated carbocycles. The van der Waals surface area contributed by atoms with Gasteiger partial charge in [0.2, 0.25) is 5.60 Å². The fourth-order valence-corrected chi connectivity index (χ4v) is 6.57. The van der Waals surface area contributed by atoms with Crippen molar-refractivity contribution in [2.24, 2.45) is 11.8 Å². The molecule has 14 nitrogen and oxygen atoms in total. The van der Waals surface area contributed by atoms with Crippen LogP contribution >= 0.6 is 23.2 Å². The van der Waals surface area contributed by atoms with Gasteiger partial charge in [-0.25, -0.2) is 13.8 Å². The minimum absolute atomic E-state index is 0.00255. The lowest BCUT2D eigenvalue weighted by molar-refractivity contribution is -0.605. The number of pyridine rings is 1. The summed E-state index contributed by atoms with van der Waals surface area (Å²) in [5.41, 5.74) is -2.44. The zero-order valence-corrected chi connectivity index (χ0v) is 34.7. The van der Waals surface area contributed by atoms with Gasteiger partial charge in [-0.3, -0.25) is 13.7 Å². The van der Waals surface area contributed by atoms with Crippen LogP contribution in [-0.4, -0.2) is 64.2 Å². The van der Waals surface area contributed by atoms with Crippen LogP contribution < -0.4 is 23.2 Å². The van der Waals surface area contributed by atoms with Crippen molar-refractivity contribution in [3.63, 3.8) is 0 Å². The lowest BCUT2D eigenvalue weighted by Gasteiger charge is -2.28. The summed E-state index contributed by atoms with van der Waals surface area (Å²) in [6, 6.07) is 7.85. The van der Waals surface area contributed by atoms with Crippen molar-refractivity contribution in [2.75, 3.05) is 24.1 Å². The second-order valence-corrected chi connectivity index (χ2v) is 17.1. The Bertz CT molecular complexity index is 2000. The molecule has 5 rings (SSSR count). The quantitative estimate of drug-likeness (QED) is 0.0413. The highest BCUT2D eigenvalue weighted by Crippen LogP contribution is 2.39. The van der Waals surface area contributed by atoms with Gasteiger partial charge in [0.05, 0.1) is 24.5 Å². The lowest BCUT2D eigenvalue weighted by Crippen LogP contribution is -2.39. The van der Waals surface area contributed by atoms with Gasteiger partial charge in [0.15, 0.2) is 23.9 Å². The minimum Gasteiger partial charge on any atom is -0.619 e. The number of aromatic nitrogens is 1. The van der Waals surface area contributed by atoms with Crippen LogP contribution in [0.5, 0.6) is 17.2 Å². The van der Waals surface area contributed by atoms with Crippen molar-refractivity contribution in [1.82, 2.24) is 0 Å². The number of carbonyl (C=O) groups is 3. The molecule has 2 aliphatic carbocycles. The largest absolute Gasteiger partial charge is 0.619 e. The van der Waals surface area contributed by atoms with E-state index in [9.17, 15) is 37.1 Å². The lowest BCUT2D eigenvalue weighted by atomic mass is 10.0.